The molecule has 0 aromatic heterocycles. The Morgan fingerprint density at radius 2 is 2.23 bits per heavy atom. The zero-order chi connectivity index (χ0) is 10.1. The van der Waals surface area contributed by atoms with Gasteiger partial charge < -0.3 is 5.21 Å². The molecule has 0 aliphatic carbocycles. The smallest absolute Gasteiger partial charge is 0.0687 e. The average Bonchev–Trinajstić information content (AvgIpc) is 2.12. The molecule has 0 aromatic carbocycles. The monoisotopic (exact) mass is 183 g/mol. The molecular weight excluding hydrogens is 162 g/mol. The lowest BCUT2D eigenvalue weighted by atomic mass is 9.93. The van der Waals surface area contributed by atoms with Gasteiger partial charge in [-0.3, -0.25) is 0 Å². The van der Waals surface area contributed by atoms with Crippen LogP contribution in [-0.4, -0.2) is 11.4 Å². The van der Waals surface area contributed by atoms with Gasteiger partial charge in [0.2, 0.25) is 0 Å². The second-order valence-electron chi connectivity index (χ2n) is 3.52. The lowest BCUT2D eigenvalue weighted by Crippen LogP contribution is -2.01. The van der Waals surface area contributed by atoms with Gasteiger partial charge in [-0.1, -0.05) is 51.3 Å². The predicted molar refractivity (Wildman–Crippen MR) is 57.3 cm³/mol. The van der Waals surface area contributed by atoms with Crippen LogP contribution in [0, 0.1) is 5.92 Å². The molecule has 0 fully saturated rings. The minimum Gasteiger partial charge on any atom is -0.411 e. The van der Waals surface area contributed by atoms with Crippen LogP contribution in [0.25, 0.3) is 0 Å². The molecule has 2 heteroatoms. The number of nitrogens with zero attached hydrogens (tertiary/aromatic N) is 1. The van der Waals surface area contributed by atoms with E-state index < -0.39 is 0 Å². The van der Waals surface area contributed by atoms with Crippen LogP contribution in [0.5, 0.6) is 0 Å². The molecule has 0 heterocycles. The topological polar surface area (TPSA) is 32.6 Å². The fraction of sp³-hybridized carbons (Fsp3) is 0.727. The fourth-order valence-corrected chi connectivity index (χ4v) is 1.45. The minimum absolute atomic E-state index is 0.699. The standard InChI is InChI=1S/C11H21NO/c1-4-6-7-11(5-2)8-10(3)9-12-13/h9,11,13H,3-8H2,1-2H3. The van der Waals surface area contributed by atoms with Crippen molar-refractivity contribution >= 4 is 6.21 Å². The van der Waals surface area contributed by atoms with Crippen molar-refractivity contribution in [2.75, 3.05) is 0 Å². The quantitative estimate of drug-likeness (QED) is 0.365. The Labute approximate surface area is 81.3 Å². The van der Waals surface area contributed by atoms with E-state index in [0.717, 1.165) is 12.0 Å². The van der Waals surface area contributed by atoms with Gasteiger partial charge in [0, 0.05) is 0 Å². The van der Waals surface area contributed by atoms with E-state index >= 15 is 0 Å². The van der Waals surface area contributed by atoms with Crippen molar-refractivity contribution in [3.63, 3.8) is 0 Å². The lowest BCUT2D eigenvalue weighted by molar-refractivity contribution is 0.321. The molecule has 0 saturated heterocycles. The van der Waals surface area contributed by atoms with Gasteiger partial charge in [0.05, 0.1) is 6.21 Å². The maximum Gasteiger partial charge on any atom is 0.0687 e. The molecule has 0 aromatic rings. The van der Waals surface area contributed by atoms with Crippen LogP contribution in [0.3, 0.4) is 0 Å². The number of hydrogen-bond donors (Lipinski definition) is 1. The second-order valence-corrected chi connectivity index (χ2v) is 3.52. The minimum atomic E-state index is 0.699. The van der Waals surface area contributed by atoms with Crippen molar-refractivity contribution in [2.24, 2.45) is 11.1 Å². The Balaban J connectivity index is 3.76. The normalized spacial score (nSPS) is 13.4. The first-order valence-corrected chi connectivity index (χ1v) is 5.09. The summed E-state index contributed by atoms with van der Waals surface area (Å²) in [5, 5.41) is 11.3. The highest BCUT2D eigenvalue weighted by molar-refractivity contribution is 5.76. The number of allylic oxidation sites excluding steroid dienone is 1. The summed E-state index contributed by atoms with van der Waals surface area (Å²) >= 11 is 0. The van der Waals surface area contributed by atoms with Crippen molar-refractivity contribution < 1.29 is 5.21 Å². The van der Waals surface area contributed by atoms with Crippen molar-refractivity contribution in [1.82, 2.24) is 0 Å². The Morgan fingerprint density at radius 3 is 2.69 bits per heavy atom. The Bertz CT molecular complexity index is 163. The van der Waals surface area contributed by atoms with E-state index in [1.807, 2.05) is 0 Å². The van der Waals surface area contributed by atoms with Crippen molar-refractivity contribution in [3.05, 3.63) is 12.2 Å². The SMILES string of the molecule is C=C(C=NO)CC(CC)CCCC. The summed E-state index contributed by atoms with van der Waals surface area (Å²) in [4.78, 5) is 0. The van der Waals surface area contributed by atoms with Gasteiger partial charge in [-0.25, -0.2) is 0 Å². The number of oxime groups is 1. The van der Waals surface area contributed by atoms with Crippen LogP contribution < -0.4 is 0 Å². The van der Waals surface area contributed by atoms with Gasteiger partial charge >= 0.3 is 0 Å². The molecule has 13 heavy (non-hydrogen) atoms. The zero-order valence-electron chi connectivity index (χ0n) is 8.79. The number of hydrogen-bond acceptors (Lipinski definition) is 2. The van der Waals surface area contributed by atoms with E-state index in [1.165, 1.54) is 31.9 Å². The molecule has 1 unspecified atom stereocenters. The van der Waals surface area contributed by atoms with E-state index in [2.05, 4.69) is 25.6 Å². The largest absolute Gasteiger partial charge is 0.411 e. The molecule has 0 radical (unpaired) electrons. The first-order valence-electron chi connectivity index (χ1n) is 5.09. The van der Waals surface area contributed by atoms with Crippen LogP contribution in [0.1, 0.15) is 46.0 Å². The molecule has 0 rings (SSSR count). The summed E-state index contributed by atoms with van der Waals surface area (Å²) in [7, 11) is 0. The molecule has 0 amide bonds. The molecule has 0 aliphatic rings. The van der Waals surface area contributed by atoms with Crippen molar-refractivity contribution in [2.45, 2.75) is 46.0 Å². The van der Waals surface area contributed by atoms with Gasteiger partial charge in [0.15, 0.2) is 0 Å². The van der Waals surface area contributed by atoms with E-state index in [1.54, 1.807) is 0 Å². The summed E-state index contributed by atoms with van der Waals surface area (Å²) in [6.45, 7) is 8.23. The van der Waals surface area contributed by atoms with E-state index in [0.29, 0.717) is 5.92 Å². The highest BCUT2D eigenvalue weighted by Gasteiger charge is 2.06. The van der Waals surface area contributed by atoms with Gasteiger partial charge in [0.1, 0.15) is 0 Å². The van der Waals surface area contributed by atoms with Crippen molar-refractivity contribution in [1.29, 1.82) is 0 Å². The molecule has 76 valence electrons. The van der Waals surface area contributed by atoms with E-state index in [-0.39, 0.29) is 0 Å². The summed E-state index contributed by atoms with van der Waals surface area (Å²) in [6, 6.07) is 0. The number of rotatable bonds is 7. The Hall–Kier alpha value is -0.790. The molecule has 2 nitrogen and oxygen atoms in total. The highest BCUT2D eigenvalue weighted by atomic mass is 16.4. The number of unbranched alkanes of at least 4 members (excludes halogenated alkanes) is 1. The summed E-state index contributed by atoms with van der Waals surface area (Å²) in [5.74, 6) is 0.699. The fourth-order valence-electron chi connectivity index (χ4n) is 1.45. The Kier molecular flexibility index (Phi) is 7.36. The third-order valence-corrected chi connectivity index (χ3v) is 2.33. The zero-order valence-corrected chi connectivity index (χ0v) is 8.79. The molecule has 0 bridgehead atoms. The Morgan fingerprint density at radius 1 is 1.54 bits per heavy atom. The van der Waals surface area contributed by atoms with Crippen molar-refractivity contribution in [3.8, 4) is 0 Å². The summed E-state index contributed by atoms with van der Waals surface area (Å²) < 4.78 is 0. The third kappa shape index (κ3) is 6.38. The van der Waals surface area contributed by atoms with Crippen LogP contribution >= 0.6 is 0 Å². The van der Waals surface area contributed by atoms with Crippen LogP contribution in [0.4, 0.5) is 0 Å². The second kappa shape index (κ2) is 7.84. The first kappa shape index (κ1) is 12.2. The van der Waals surface area contributed by atoms with Crippen LogP contribution in [0.15, 0.2) is 17.3 Å². The van der Waals surface area contributed by atoms with Gasteiger partial charge in [-0.2, -0.15) is 0 Å². The molecule has 0 saturated carbocycles. The highest BCUT2D eigenvalue weighted by Crippen LogP contribution is 2.19. The maximum atomic E-state index is 8.31. The average molecular weight is 183 g/mol. The van der Waals surface area contributed by atoms with Crippen LogP contribution in [0.2, 0.25) is 0 Å². The summed E-state index contributed by atoms with van der Waals surface area (Å²) in [5.41, 5.74) is 0.922. The molecule has 0 spiro atoms. The van der Waals surface area contributed by atoms with Crippen LogP contribution in [-0.2, 0) is 0 Å². The van der Waals surface area contributed by atoms with Gasteiger partial charge in [0.25, 0.3) is 0 Å². The maximum absolute atomic E-state index is 8.31. The van der Waals surface area contributed by atoms with E-state index in [9.17, 15) is 0 Å². The summed E-state index contributed by atoms with van der Waals surface area (Å²) in [6.07, 6.45) is 7.36. The van der Waals surface area contributed by atoms with E-state index in [4.69, 9.17) is 5.21 Å². The molecular formula is C11H21NO. The van der Waals surface area contributed by atoms with Gasteiger partial charge in [-0.05, 0) is 17.9 Å². The molecule has 1 atom stereocenters. The first-order chi connectivity index (χ1) is 6.24. The molecule has 1 N–H and O–H groups in total. The predicted octanol–water partition coefficient (Wildman–Crippen LogP) is 3.61. The molecule has 0 aliphatic heterocycles. The van der Waals surface area contributed by atoms with Gasteiger partial charge in [-0.15, -0.1) is 0 Å². The third-order valence-electron chi connectivity index (χ3n) is 2.33. The lowest BCUT2D eigenvalue weighted by Gasteiger charge is -2.13.